The molecule has 1 N–H and O–H groups in total. The van der Waals surface area contributed by atoms with Crippen molar-refractivity contribution < 1.29 is 31.5 Å². The molecule has 0 spiro atoms. The van der Waals surface area contributed by atoms with E-state index in [-0.39, 0.29) is 0 Å². The van der Waals surface area contributed by atoms with E-state index in [4.69, 9.17) is 9.47 Å². The van der Waals surface area contributed by atoms with E-state index in [1.165, 1.54) is 14.2 Å². The molecule has 0 fully saturated rings. The minimum absolute atomic E-state index is 0.421. The highest BCUT2D eigenvalue weighted by Gasteiger charge is 2.25. The number of hydrogen-bond acceptors (Lipinski definition) is 5. The maximum absolute atomic E-state index is 14.1. The van der Waals surface area contributed by atoms with E-state index < -0.39 is 45.8 Å². The highest BCUT2D eigenvalue weighted by Crippen LogP contribution is 2.29. The van der Waals surface area contributed by atoms with E-state index in [9.17, 15) is 22.0 Å². The molecule has 0 saturated carbocycles. The molecule has 0 bridgehead atoms. The number of carbonyl (C=O) groups is 1. The Morgan fingerprint density at radius 1 is 1.14 bits per heavy atom. The molecule has 0 radical (unpaired) electrons. The summed E-state index contributed by atoms with van der Waals surface area (Å²) in [7, 11) is -1.04. The third-order valence-electron chi connectivity index (χ3n) is 4.15. The van der Waals surface area contributed by atoms with Gasteiger partial charge in [0.15, 0.2) is 0 Å². The van der Waals surface area contributed by atoms with E-state index in [2.05, 4.69) is 5.32 Å². The number of hydrogen-bond donors (Lipinski definition) is 1. The summed E-state index contributed by atoms with van der Waals surface area (Å²) in [6, 6.07) is 6.91. The van der Waals surface area contributed by atoms with E-state index >= 15 is 0 Å². The van der Waals surface area contributed by atoms with Crippen molar-refractivity contribution in [2.75, 3.05) is 31.3 Å². The quantitative estimate of drug-likeness (QED) is 0.699. The van der Waals surface area contributed by atoms with Crippen LogP contribution in [0.1, 0.15) is 18.5 Å². The fraction of sp³-hybridized carbons (Fsp3) is 0.316. The summed E-state index contributed by atoms with van der Waals surface area (Å²) in [4.78, 5) is 12.5. The second-order valence-electron chi connectivity index (χ2n) is 6.26. The summed E-state index contributed by atoms with van der Waals surface area (Å²) in [5, 5.41) is 2.65. The van der Waals surface area contributed by atoms with Crippen molar-refractivity contribution in [3.63, 3.8) is 0 Å². The van der Waals surface area contributed by atoms with Gasteiger partial charge in [-0.3, -0.25) is 9.10 Å². The first-order valence-electron chi connectivity index (χ1n) is 8.51. The third kappa shape index (κ3) is 5.57. The van der Waals surface area contributed by atoms with E-state index in [0.717, 1.165) is 18.4 Å². The molecular formula is C19H22F2N2O5S. The van der Waals surface area contributed by atoms with Gasteiger partial charge in [-0.05, 0) is 37.3 Å². The van der Waals surface area contributed by atoms with Crippen LogP contribution in [0, 0.1) is 11.6 Å². The fourth-order valence-electron chi connectivity index (χ4n) is 2.74. The molecule has 0 aliphatic carbocycles. The molecule has 10 heteroatoms. The summed E-state index contributed by atoms with van der Waals surface area (Å²) in [6.07, 6.45) is 0.831. The lowest BCUT2D eigenvalue weighted by atomic mass is 10.1. The van der Waals surface area contributed by atoms with Crippen molar-refractivity contribution in [3.8, 4) is 11.5 Å². The first-order valence-corrected chi connectivity index (χ1v) is 10.4. The molecule has 29 heavy (non-hydrogen) atoms. The van der Waals surface area contributed by atoms with Crippen LogP contribution in [0.3, 0.4) is 0 Å². The average Bonchev–Trinajstić information content (AvgIpc) is 2.65. The maximum Gasteiger partial charge on any atom is 0.241 e. The van der Waals surface area contributed by atoms with Gasteiger partial charge in [0.05, 0.1) is 32.2 Å². The summed E-state index contributed by atoms with van der Waals surface area (Å²) >= 11 is 0. The van der Waals surface area contributed by atoms with E-state index in [0.29, 0.717) is 27.4 Å². The Kier molecular flexibility index (Phi) is 7.02. The number of ether oxygens (including phenoxy) is 2. The first-order chi connectivity index (χ1) is 13.6. The number of halogens is 2. The van der Waals surface area contributed by atoms with Crippen molar-refractivity contribution in [1.29, 1.82) is 0 Å². The summed E-state index contributed by atoms with van der Waals surface area (Å²) in [5.74, 6) is -1.58. The number of methoxy groups -OCH3 is 2. The minimum Gasteiger partial charge on any atom is -0.497 e. The van der Waals surface area contributed by atoms with Crippen LogP contribution in [0.5, 0.6) is 11.5 Å². The number of anilines is 1. The van der Waals surface area contributed by atoms with Gasteiger partial charge >= 0.3 is 0 Å². The zero-order chi connectivity index (χ0) is 21.8. The molecule has 2 rings (SSSR count). The molecule has 0 unspecified atom stereocenters. The molecular weight excluding hydrogens is 406 g/mol. The average molecular weight is 428 g/mol. The standard InChI is InChI=1S/C19H22F2N2O5S/c1-12(15-10-14(27-2)6-8-18(15)28-3)22-19(24)11-23(29(4,25)26)17-7-5-13(20)9-16(17)21/h5-10,12H,11H2,1-4H3,(H,22,24)/t12-/m0/s1. The molecule has 158 valence electrons. The second kappa shape index (κ2) is 9.08. The van der Waals surface area contributed by atoms with Gasteiger partial charge in [-0.1, -0.05) is 0 Å². The Hall–Kier alpha value is -2.88. The SMILES string of the molecule is COc1ccc(OC)c([C@H](C)NC(=O)CN(c2ccc(F)cc2F)S(C)(=O)=O)c1. The molecule has 0 aromatic heterocycles. The monoisotopic (exact) mass is 428 g/mol. The van der Waals surface area contributed by atoms with Gasteiger partial charge in [0.25, 0.3) is 0 Å². The normalized spacial score (nSPS) is 12.2. The predicted octanol–water partition coefficient (Wildman–Crippen LogP) is 2.63. The van der Waals surface area contributed by atoms with Crippen LogP contribution in [-0.4, -0.2) is 41.3 Å². The van der Waals surface area contributed by atoms with Gasteiger partial charge in [0.1, 0.15) is 29.7 Å². The maximum atomic E-state index is 14.1. The summed E-state index contributed by atoms with van der Waals surface area (Å²) in [6.45, 7) is 0.996. The number of amides is 1. The number of nitrogens with one attached hydrogen (secondary N) is 1. The molecule has 1 amide bonds. The van der Waals surface area contributed by atoms with Crippen molar-refractivity contribution in [1.82, 2.24) is 5.32 Å². The molecule has 7 nitrogen and oxygen atoms in total. The van der Waals surface area contributed by atoms with E-state index in [1.807, 2.05) is 0 Å². The van der Waals surface area contributed by atoms with Crippen LogP contribution in [0.2, 0.25) is 0 Å². The number of sulfonamides is 1. The van der Waals surface area contributed by atoms with Crippen LogP contribution in [0.15, 0.2) is 36.4 Å². The number of nitrogens with zero attached hydrogens (tertiary/aromatic N) is 1. The Labute approximate surface area is 168 Å². The first kappa shape index (κ1) is 22.4. The highest BCUT2D eigenvalue weighted by molar-refractivity contribution is 7.92. The summed E-state index contributed by atoms with van der Waals surface area (Å²) < 4.78 is 62.5. The van der Waals surface area contributed by atoms with Crippen LogP contribution >= 0.6 is 0 Å². The lowest BCUT2D eigenvalue weighted by molar-refractivity contribution is -0.120. The largest absolute Gasteiger partial charge is 0.497 e. The van der Waals surface area contributed by atoms with Crippen LogP contribution < -0.4 is 19.1 Å². The number of carbonyl (C=O) groups excluding carboxylic acids is 1. The lowest BCUT2D eigenvalue weighted by Gasteiger charge is -2.24. The molecule has 0 saturated heterocycles. The second-order valence-corrected chi connectivity index (χ2v) is 8.17. The van der Waals surface area contributed by atoms with Crippen molar-refractivity contribution in [3.05, 3.63) is 53.6 Å². The smallest absolute Gasteiger partial charge is 0.241 e. The Morgan fingerprint density at radius 2 is 1.83 bits per heavy atom. The molecule has 1 atom stereocenters. The molecule has 2 aromatic carbocycles. The van der Waals surface area contributed by atoms with Gasteiger partial charge in [-0.15, -0.1) is 0 Å². The molecule has 0 aliphatic heterocycles. The van der Waals surface area contributed by atoms with Gasteiger partial charge in [0.2, 0.25) is 15.9 Å². The topological polar surface area (TPSA) is 84.9 Å². The fourth-order valence-corrected chi connectivity index (χ4v) is 3.59. The Bertz CT molecular complexity index is 998. The van der Waals surface area contributed by atoms with Gasteiger partial charge < -0.3 is 14.8 Å². The number of rotatable bonds is 8. The van der Waals surface area contributed by atoms with Crippen LogP contribution in [0.25, 0.3) is 0 Å². The zero-order valence-electron chi connectivity index (χ0n) is 16.4. The van der Waals surface area contributed by atoms with Gasteiger partial charge in [0, 0.05) is 11.6 Å². The minimum atomic E-state index is -4.01. The van der Waals surface area contributed by atoms with E-state index in [1.54, 1.807) is 25.1 Å². The molecule has 2 aromatic rings. The van der Waals surface area contributed by atoms with Crippen molar-refractivity contribution >= 4 is 21.6 Å². The van der Waals surface area contributed by atoms with Gasteiger partial charge in [-0.25, -0.2) is 17.2 Å². The molecule has 0 aliphatic rings. The third-order valence-corrected chi connectivity index (χ3v) is 5.27. The van der Waals surface area contributed by atoms with Crippen LogP contribution in [-0.2, 0) is 14.8 Å². The molecule has 0 heterocycles. The predicted molar refractivity (Wildman–Crippen MR) is 105 cm³/mol. The Morgan fingerprint density at radius 3 is 2.38 bits per heavy atom. The Balaban J connectivity index is 2.25. The van der Waals surface area contributed by atoms with Crippen LogP contribution in [0.4, 0.5) is 14.5 Å². The highest BCUT2D eigenvalue weighted by atomic mass is 32.2. The zero-order valence-corrected chi connectivity index (χ0v) is 17.2. The van der Waals surface area contributed by atoms with Crippen molar-refractivity contribution in [2.24, 2.45) is 0 Å². The summed E-state index contributed by atoms with van der Waals surface area (Å²) in [5.41, 5.74) is 0.190. The van der Waals surface area contributed by atoms with Gasteiger partial charge in [-0.2, -0.15) is 0 Å². The van der Waals surface area contributed by atoms with Crippen molar-refractivity contribution in [2.45, 2.75) is 13.0 Å². The number of benzene rings is 2. The lowest BCUT2D eigenvalue weighted by Crippen LogP contribution is -2.41.